The van der Waals surface area contributed by atoms with E-state index < -0.39 is 24.1 Å². The van der Waals surface area contributed by atoms with E-state index >= 15 is 0 Å². The molecule has 0 aromatic heterocycles. The number of hydrogen-bond acceptors (Lipinski definition) is 15. The van der Waals surface area contributed by atoms with E-state index in [0.717, 1.165) is 116 Å². The van der Waals surface area contributed by atoms with Crippen LogP contribution in [-0.2, 0) is 57.2 Å². The number of nitrogens with zero attached hydrogens (tertiary/aromatic N) is 2. The van der Waals surface area contributed by atoms with Crippen molar-refractivity contribution in [2.24, 2.45) is 71.0 Å². The molecule has 0 radical (unpaired) electrons. The lowest BCUT2D eigenvalue weighted by molar-refractivity contribution is -0.171. The van der Waals surface area contributed by atoms with E-state index in [0.29, 0.717) is 53.1 Å². The molecule has 452 valence electrons. The molecule has 0 aliphatic heterocycles. The van der Waals surface area contributed by atoms with E-state index in [9.17, 15) is 33.6 Å². The highest BCUT2D eigenvalue weighted by Gasteiger charge is 2.41. The van der Waals surface area contributed by atoms with E-state index in [-0.39, 0.29) is 118 Å². The van der Waals surface area contributed by atoms with Gasteiger partial charge in [0.1, 0.15) is 26.4 Å². The number of carbonyl (C=O) groups excluding carboxylic acids is 7. The van der Waals surface area contributed by atoms with Crippen LogP contribution < -0.4 is 0 Å². The first-order valence-corrected chi connectivity index (χ1v) is 33.5. The Hall–Kier alpha value is -3.40. The molecule has 0 saturated heterocycles. The molecule has 15 nitrogen and oxygen atoms in total. The third kappa shape index (κ3) is 19.6. The van der Waals surface area contributed by atoms with Crippen molar-refractivity contribution in [3.63, 3.8) is 0 Å². The standard InChI is InChI=1S/C64H102N2O13S/c1-65(2)32-13-35-80-64(73)66(33-11-22-58(67)78-56(40-74-60(69)52-28-24-44-14-3-7-18-48(44)36-52)41-75-61(70)53-29-25-45-15-4-8-19-49(45)37-53)34-12-23-59(68)79-57(42-76-62(71)54-30-26-46-16-5-9-20-50(46)38-54)43-77-63(72)55-31-27-47-17-6-10-21-51(47)39-55/h44-57H,3-43H2,1-2H3. The predicted octanol–water partition coefficient (Wildman–Crippen LogP) is 12.1. The van der Waals surface area contributed by atoms with E-state index in [1.807, 2.05) is 14.1 Å². The average molecular weight is 1140 g/mol. The van der Waals surface area contributed by atoms with Gasteiger partial charge in [-0.2, -0.15) is 0 Å². The number of ether oxygens (including phenoxy) is 6. The second-order valence-electron chi connectivity index (χ2n) is 26.5. The molecule has 8 saturated carbocycles. The third-order valence-corrected chi connectivity index (χ3v) is 21.6. The van der Waals surface area contributed by atoms with Gasteiger partial charge >= 0.3 is 35.8 Å². The van der Waals surface area contributed by atoms with Crippen LogP contribution in [0.2, 0.25) is 0 Å². The summed E-state index contributed by atoms with van der Waals surface area (Å²) in [5.74, 6) is 2.57. The van der Waals surface area contributed by atoms with Crippen LogP contribution in [0.1, 0.15) is 212 Å². The molecule has 0 aromatic rings. The molecule has 0 spiro atoms. The molecular weight excluding hydrogens is 1040 g/mol. The fourth-order valence-corrected chi connectivity index (χ4v) is 16.8. The van der Waals surface area contributed by atoms with Gasteiger partial charge in [0.2, 0.25) is 0 Å². The first-order chi connectivity index (χ1) is 38.8. The van der Waals surface area contributed by atoms with Crippen molar-refractivity contribution in [2.75, 3.05) is 65.9 Å². The van der Waals surface area contributed by atoms with Gasteiger partial charge in [0.05, 0.1) is 23.7 Å². The Labute approximate surface area is 483 Å². The number of fused-ring (bicyclic) bond motifs is 4. The molecule has 12 unspecified atom stereocenters. The van der Waals surface area contributed by atoms with Gasteiger partial charge < -0.3 is 38.2 Å². The molecule has 0 N–H and O–H groups in total. The molecule has 8 rings (SSSR count). The summed E-state index contributed by atoms with van der Waals surface area (Å²) in [7, 11) is 3.97. The summed E-state index contributed by atoms with van der Waals surface area (Å²) in [5, 5.41) is -0.159. The summed E-state index contributed by atoms with van der Waals surface area (Å²) in [5.41, 5.74) is 0. The Morgan fingerprint density at radius 3 is 0.988 bits per heavy atom. The maximum atomic E-state index is 13.8. The lowest BCUT2D eigenvalue weighted by Crippen LogP contribution is -2.37. The van der Waals surface area contributed by atoms with Crippen LogP contribution in [0.15, 0.2) is 0 Å². The van der Waals surface area contributed by atoms with Crippen LogP contribution in [0.4, 0.5) is 4.79 Å². The van der Waals surface area contributed by atoms with Gasteiger partial charge in [-0.05, 0) is 164 Å². The summed E-state index contributed by atoms with van der Waals surface area (Å²) in [6.45, 7) is 0.486. The number of carbonyl (C=O) groups is 7. The Morgan fingerprint density at radius 2 is 0.688 bits per heavy atom. The zero-order valence-electron chi connectivity index (χ0n) is 49.2. The number of thioether (sulfide) groups is 1. The first-order valence-electron chi connectivity index (χ1n) is 32.5. The Bertz CT molecular complexity index is 1780. The normalized spacial score (nSPS) is 31.0. The first kappa shape index (κ1) is 62.6. The van der Waals surface area contributed by atoms with Crippen molar-refractivity contribution in [3.8, 4) is 0 Å². The van der Waals surface area contributed by atoms with Crippen LogP contribution in [0, 0.1) is 71.0 Å². The van der Waals surface area contributed by atoms with Gasteiger partial charge in [-0.3, -0.25) is 33.6 Å². The van der Waals surface area contributed by atoms with Crippen molar-refractivity contribution >= 4 is 52.8 Å². The highest BCUT2D eigenvalue weighted by molar-refractivity contribution is 8.13. The molecule has 80 heavy (non-hydrogen) atoms. The molecule has 0 heterocycles. The molecule has 8 aliphatic carbocycles. The van der Waals surface area contributed by atoms with Crippen molar-refractivity contribution in [1.29, 1.82) is 0 Å². The van der Waals surface area contributed by atoms with E-state index in [2.05, 4.69) is 4.90 Å². The topological polar surface area (TPSA) is 181 Å². The zero-order chi connectivity index (χ0) is 56.2. The highest BCUT2D eigenvalue weighted by Crippen LogP contribution is 2.46. The lowest BCUT2D eigenvalue weighted by atomic mass is 9.67. The third-order valence-electron chi connectivity index (χ3n) is 20.6. The summed E-state index contributed by atoms with van der Waals surface area (Å²) < 4.78 is 35.4. The van der Waals surface area contributed by atoms with Gasteiger partial charge in [-0.25, -0.2) is 0 Å². The molecule has 0 bridgehead atoms. The van der Waals surface area contributed by atoms with Gasteiger partial charge in [0, 0.05) is 31.7 Å². The smallest absolute Gasteiger partial charge is 0.309 e. The number of hydrogen-bond donors (Lipinski definition) is 0. The monoisotopic (exact) mass is 1140 g/mol. The van der Waals surface area contributed by atoms with Gasteiger partial charge in [-0.15, -0.1) is 0 Å². The van der Waals surface area contributed by atoms with Crippen molar-refractivity contribution in [2.45, 2.75) is 224 Å². The van der Waals surface area contributed by atoms with Gasteiger partial charge in [0.25, 0.3) is 5.24 Å². The lowest BCUT2D eigenvalue weighted by Gasteiger charge is -2.38. The summed E-state index contributed by atoms with van der Waals surface area (Å²) in [6.07, 6.45) is 29.4. The second-order valence-corrected chi connectivity index (χ2v) is 27.5. The molecular formula is C64H102N2O13S. The van der Waals surface area contributed by atoms with E-state index in [1.54, 1.807) is 4.90 Å². The number of esters is 6. The minimum Gasteiger partial charge on any atom is -0.461 e. The fraction of sp³-hybridized carbons (Fsp3) is 0.891. The van der Waals surface area contributed by atoms with Crippen molar-refractivity contribution < 1.29 is 62.0 Å². The van der Waals surface area contributed by atoms with Gasteiger partial charge in [-0.1, -0.05) is 114 Å². The minimum atomic E-state index is -0.965. The summed E-state index contributed by atoms with van der Waals surface area (Å²) in [4.78, 5) is 98.8. The second kappa shape index (κ2) is 32.6. The molecule has 8 aliphatic rings. The maximum absolute atomic E-state index is 13.8. The van der Waals surface area contributed by atoms with Gasteiger partial charge in [0.15, 0.2) is 12.2 Å². The number of rotatable bonds is 26. The molecule has 16 heteroatoms. The van der Waals surface area contributed by atoms with Crippen molar-refractivity contribution in [3.05, 3.63) is 0 Å². The number of amides is 1. The summed E-state index contributed by atoms with van der Waals surface area (Å²) in [6, 6.07) is 0. The molecule has 0 aromatic carbocycles. The van der Waals surface area contributed by atoms with Crippen molar-refractivity contribution in [1.82, 2.24) is 9.80 Å². The molecule has 8 fully saturated rings. The average Bonchev–Trinajstić information content (AvgIpc) is 3.49. The molecule has 1 amide bonds. The van der Waals surface area contributed by atoms with Crippen LogP contribution in [0.3, 0.4) is 0 Å². The molecule has 12 atom stereocenters. The Balaban J connectivity index is 0.831. The maximum Gasteiger partial charge on any atom is 0.309 e. The minimum absolute atomic E-state index is 0.0315. The highest BCUT2D eigenvalue weighted by atomic mass is 32.2. The Kier molecular flexibility index (Phi) is 25.5. The summed E-state index contributed by atoms with van der Waals surface area (Å²) >= 11 is 1.21. The largest absolute Gasteiger partial charge is 0.461 e. The van der Waals surface area contributed by atoms with Crippen LogP contribution in [0.5, 0.6) is 0 Å². The zero-order valence-corrected chi connectivity index (χ0v) is 50.0. The van der Waals surface area contributed by atoms with Crippen LogP contribution >= 0.6 is 11.8 Å². The van der Waals surface area contributed by atoms with E-state index in [1.165, 1.54) is 88.8 Å². The Morgan fingerprint density at radius 1 is 0.388 bits per heavy atom. The van der Waals surface area contributed by atoms with E-state index in [4.69, 9.17) is 28.4 Å². The fourth-order valence-electron chi connectivity index (χ4n) is 16.0. The predicted molar refractivity (Wildman–Crippen MR) is 306 cm³/mol. The van der Waals surface area contributed by atoms with Crippen LogP contribution in [-0.4, -0.2) is 129 Å². The SMILES string of the molecule is CN(C)CCCSC(=O)N(CCCC(=O)OC(COC(=O)C1CCC2CCCCC2C1)COC(=O)C1CCC2CCCCC2C1)CCCC(=O)OC(COC(=O)C1CCC2CCCCC2C1)COC(=O)C1CCC2CCCCC2C1. The quantitative estimate of drug-likeness (QED) is 0.0453. The van der Waals surface area contributed by atoms with Crippen LogP contribution in [0.25, 0.3) is 0 Å².